The van der Waals surface area contributed by atoms with Gasteiger partial charge < -0.3 is 9.47 Å². The number of likely N-dealkylation sites (tertiary alicyclic amines) is 2. The van der Waals surface area contributed by atoms with Crippen LogP contribution in [0.2, 0.25) is 0 Å². The predicted octanol–water partition coefficient (Wildman–Crippen LogP) is 2.60. The van der Waals surface area contributed by atoms with E-state index in [0.29, 0.717) is 0 Å². The second-order valence-corrected chi connectivity index (χ2v) is 9.96. The number of Topliss-reactive ketones (excluding diaryl/α,β-unsaturated/α-hetero) is 2. The minimum Gasteiger partial charge on any atom is -0.443 e. The van der Waals surface area contributed by atoms with Crippen molar-refractivity contribution in [3.63, 3.8) is 0 Å². The highest BCUT2D eigenvalue weighted by atomic mass is 79.9. The van der Waals surface area contributed by atoms with Crippen LogP contribution in [-0.2, 0) is 28.7 Å². The topological polar surface area (TPSA) is 127 Å². The molecule has 0 aromatic heterocycles. The number of nitrogens with zero attached hydrogens (tertiary/aromatic N) is 2. The van der Waals surface area contributed by atoms with E-state index >= 15 is 0 Å². The zero-order chi connectivity index (χ0) is 24.1. The maximum atomic E-state index is 11.6. The Labute approximate surface area is 189 Å². The number of ether oxygens (including phenoxy) is 2. The minimum absolute atomic E-state index is 0.0919. The molecule has 2 rings (SSSR count). The smallest absolute Gasteiger partial charge is 0.417 e. The zero-order valence-corrected chi connectivity index (χ0v) is 20.2. The maximum Gasteiger partial charge on any atom is 0.417 e. The zero-order valence-electron chi connectivity index (χ0n) is 18.7. The average Bonchev–Trinajstić information content (AvgIpc) is 2.57. The van der Waals surface area contributed by atoms with Crippen molar-refractivity contribution in [2.45, 2.75) is 76.8 Å². The Balaban J connectivity index is 0.000000311. The van der Waals surface area contributed by atoms with E-state index in [1.807, 2.05) is 0 Å². The molecule has 174 valence electrons. The van der Waals surface area contributed by atoms with Crippen molar-refractivity contribution < 1.29 is 38.2 Å². The van der Waals surface area contributed by atoms with Crippen LogP contribution in [0.25, 0.3) is 0 Å². The van der Waals surface area contributed by atoms with Crippen LogP contribution in [0.15, 0.2) is 0 Å². The summed E-state index contributed by atoms with van der Waals surface area (Å²) in [6, 6.07) is 0. The summed E-state index contributed by atoms with van der Waals surface area (Å²) in [6.45, 7) is 10.6. The second kappa shape index (κ2) is 10.3. The molecule has 2 aliphatic heterocycles. The molecule has 0 N–H and O–H groups in total. The van der Waals surface area contributed by atoms with E-state index in [4.69, 9.17) is 9.47 Å². The van der Waals surface area contributed by atoms with Crippen molar-refractivity contribution >= 4 is 51.5 Å². The van der Waals surface area contributed by atoms with E-state index in [2.05, 4.69) is 15.9 Å². The van der Waals surface area contributed by atoms with Gasteiger partial charge in [-0.1, -0.05) is 15.9 Å². The summed E-state index contributed by atoms with van der Waals surface area (Å²) in [7, 11) is 0. The number of piperidine rings is 2. The molecule has 1 atom stereocenters. The van der Waals surface area contributed by atoms with Crippen LogP contribution in [0.1, 0.15) is 60.8 Å². The molecule has 2 heterocycles. The van der Waals surface area contributed by atoms with Crippen molar-refractivity contribution in [1.82, 2.24) is 9.80 Å². The minimum atomic E-state index is -0.922. The van der Waals surface area contributed by atoms with Crippen LogP contribution < -0.4 is 0 Å². The number of halogens is 1. The van der Waals surface area contributed by atoms with Gasteiger partial charge in [-0.3, -0.25) is 19.2 Å². The van der Waals surface area contributed by atoms with Crippen LogP contribution in [0.4, 0.5) is 9.59 Å². The lowest BCUT2D eigenvalue weighted by molar-refractivity contribution is -0.139. The van der Waals surface area contributed by atoms with Gasteiger partial charge in [0, 0.05) is 25.9 Å². The number of carbonyl (C=O) groups excluding carboxylic acids is 6. The number of amides is 4. The number of hydrogen-bond acceptors (Lipinski definition) is 8. The third-order valence-corrected chi connectivity index (χ3v) is 4.74. The molecule has 0 aromatic carbocycles. The van der Waals surface area contributed by atoms with Gasteiger partial charge in [0.25, 0.3) is 5.91 Å². The van der Waals surface area contributed by atoms with Gasteiger partial charge >= 0.3 is 12.2 Å². The van der Waals surface area contributed by atoms with E-state index in [9.17, 15) is 28.8 Å². The molecule has 10 nitrogen and oxygen atoms in total. The second-order valence-electron chi connectivity index (χ2n) is 9.04. The quantitative estimate of drug-likeness (QED) is 0.363. The van der Waals surface area contributed by atoms with Crippen LogP contribution in [-0.4, -0.2) is 74.5 Å². The molecule has 0 saturated carbocycles. The van der Waals surface area contributed by atoms with Gasteiger partial charge in [-0.25, -0.2) is 19.4 Å². The fraction of sp³-hybridized carbons (Fsp3) is 0.700. The lowest BCUT2D eigenvalue weighted by Crippen LogP contribution is -2.50. The summed E-state index contributed by atoms with van der Waals surface area (Å²) in [5.74, 6) is -1.35. The van der Waals surface area contributed by atoms with Crippen molar-refractivity contribution in [2.24, 2.45) is 0 Å². The lowest BCUT2D eigenvalue weighted by atomic mass is 10.1. The SMILES string of the molecule is CC(C)(C)OC(=O)N1CCC(=O)C(Br)C1=O.CC(C)(C)OC(=O)N1CCC(=O)CC1=O. The molecule has 0 aliphatic carbocycles. The Morgan fingerprint density at radius 2 is 1.29 bits per heavy atom. The Bertz CT molecular complexity index is 766. The summed E-state index contributed by atoms with van der Waals surface area (Å²) >= 11 is 2.96. The first-order chi connectivity index (χ1) is 14.0. The third-order valence-electron chi connectivity index (χ3n) is 3.84. The van der Waals surface area contributed by atoms with Gasteiger partial charge in [0.1, 0.15) is 17.0 Å². The summed E-state index contributed by atoms with van der Waals surface area (Å²) in [5.41, 5.74) is -1.28. The molecular weight excluding hydrogens is 476 g/mol. The summed E-state index contributed by atoms with van der Waals surface area (Å²) < 4.78 is 10.1. The van der Waals surface area contributed by atoms with Gasteiger partial charge in [0.15, 0.2) is 10.6 Å². The fourth-order valence-electron chi connectivity index (χ4n) is 2.46. The number of alkyl halides is 1. The number of carbonyl (C=O) groups is 6. The molecule has 0 spiro atoms. The molecule has 0 radical (unpaired) electrons. The Morgan fingerprint density at radius 3 is 1.74 bits per heavy atom. The van der Waals surface area contributed by atoms with E-state index < -0.39 is 40.0 Å². The molecular formula is C20H29BrN2O8. The average molecular weight is 505 g/mol. The molecule has 31 heavy (non-hydrogen) atoms. The van der Waals surface area contributed by atoms with E-state index in [1.165, 1.54) is 0 Å². The van der Waals surface area contributed by atoms with Gasteiger partial charge in [0.2, 0.25) is 5.91 Å². The van der Waals surface area contributed by atoms with Gasteiger partial charge in [-0.2, -0.15) is 0 Å². The molecule has 0 bridgehead atoms. The number of hydrogen-bond donors (Lipinski definition) is 0. The highest BCUT2D eigenvalue weighted by molar-refractivity contribution is 9.10. The number of rotatable bonds is 0. The van der Waals surface area contributed by atoms with Gasteiger partial charge in [0.05, 0.1) is 6.42 Å². The Morgan fingerprint density at radius 1 is 0.839 bits per heavy atom. The summed E-state index contributed by atoms with van der Waals surface area (Å²) in [6.07, 6.45) is -1.17. The van der Waals surface area contributed by atoms with Gasteiger partial charge in [-0.15, -0.1) is 0 Å². The third kappa shape index (κ3) is 8.76. The van der Waals surface area contributed by atoms with Gasteiger partial charge in [-0.05, 0) is 41.5 Å². The van der Waals surface area contributed by atoms with E-state index in [1.54, 1.807) is 41.5 Å². The fourth-order valence-corrected chi connectivity index (χ4v) is 2.93. The van der Waals surface area contributed by atoms with Crippen molar-refractivity contribution in [3.05, 3.63) is 0 Å². The molecule has 1 unspecified atom stereocenters. The highest BCUT2D eigenvalue weighted by Crippen LogP contribution is 2.18. The predicted molar refractivity (Wildman–Crippen MR) is 112 cm³/mol. The normalized spacial score (nSPS) is 20.2. The first-order valence-electron chi connectivity index (χ1n) is 9.78. The van der Waals surface area contributed by atoms with Crippen LogP contribution in [0.3, 0.4) is 0 Å². The highest BCUT2D eigenvalue weighted by Gasteiger charge is 2.38. The maximum absolute atomic E-state index is 11.6. The molecule has 2 fully saturated rings. The first kappa shape index (κ1) is 26.7. The lowest BCUT2D eigenvalue weighted by Gasteiger charge is -2.29. The first-order valence-corrected chi connectivity index (χ1v) is 10.7. The van der Waals surface area contributed by atoms with Crippen LogP contribution >= 0.6 is 15.9 Å². The molecule has 4 amide bonds. The van der Waals surface area contributed by atoms with Crippen molar-refractivity contribution in [1.29, 1.82) is 0 Å². The number of imide groups is 2. The van der Waals surface area contributed by atoms with Crippen molar-refractivity contribution in [2.75, 3.05) is 13.1 Å². The van der Waals surface area contributed by atoms with Crippen LogP contribution in [0, 0.1) is 0 Å². The molecule has 0 aromatic rings. The monoisotopic (exact) mass is 504 g/mol. The Kier molecular flexibility index (Phi) is 8.92. The largest absolute Gasteiger partial charge is 0.443 e. The Hall–Kier alpha value is -2.30. The summed E-state index contributed by atoms with van der Waals surface area (Å²) in [5, 5.41) is 0. The molecule has 11 heteroatoms. The van der Waals surface area contributed by atoms with Crippen molar-refractivity contribution in [3.8, 4) is 0 Å². The standard InChI is InChI=1S/C10H14BrNO4.C10H15NO4/c1-10(2,3)16-9(15)12-5-4-6(13)7(11)8(12)14;1-10(2,3)15-9(14)11-5-4-7(12)6-8(11)13/h7H,4-5H2,1-3H3;4-6H2,1-3H3. The van der Waals surface area contributed by atoms with E-state index in [0.717, 1.165) is 9.80 Å². The number of ketones is 2. The van der Waals surface area contributed by atoms with Crippen LogP contribution in [0.5, 0.6) is 0 Å². The molecule has 2 aliphatic rings. The molecule has 2 saturated heterocycles. The summed E-state index contributed by atoms with van der Waals surface area (Å²) in [4.78, 5) is 69.3. The van der Waals surface area contributed by atoms with E-state index in [-0.39, 0.29) is 43.9 Å².